The number of hydrogen-bond acceptors (Lipinski definition) is 8. The van der Waals surface area contributed by atoms with Gasteiger partial charge in [0.2, 0.25) is 5.91 Å². The number of rotatable bonds is 6. The molecule has 0 radical (unpaired) electrons. The summed E-state index contributed by atoms with van der Waals surface area (Å²) in [6.07, 6.45) is -5.66. The number of benzene rings is 1. The molecule has 0 aliphatic carbocycles. The number of aliphatic hydroxyl groups is 4. The lowest BCUT2D eigenvalue weighted by atomic mass is 9.97. The average molecular weight is 394 g/mol. The van der Waals surface area contributed by atoms with Crippen LogP contribution in [-0.2, 0) is 9.53 Å². The van der Waals surface area contributed by atoms with Crippen molar-refractivity contribution in [3.63, 3.8) is 0 Å². The van der Waals surface area contributed by atoms with Crippen molar-refractivity contribution in [1.29, 1.82) is 0 Å². The Kier molecular flexibility index (Phi) is 6.06. The molecule has 2 aliphatic heterocycles. The normalized spacial score (nSPS) is 29.7. The second-order valence-corrected chi connectivity index (χ2v) is 6.73. The largest absolute Gasteiger partial charge is 0.394 e. The number of hydrogen-bond donors (Lipinski definition) is 5. The minimum absolute atomic E-state index is 0.0429. The van der Waals surface area contributed by atoms with Crippen LogP contribution < -0.4 is 5.32 Å². The molecule has 5 N–H and O–H groups in total. The molecule has 10 heteroatoms. The van der Waals surface area contributed by atoms with Crippen molar-refractivity contribution >= 4 is 17.7 Å². The summed E-state index contributed by atoms with van der Waals surface area (Å²) in [5.41, 5.74) is 0.657. The van der Waals surface area contributed by atoms with Crippen LogP contribution in [0.2, 0.25) is 0 Å². The summed E-state index contributed by atoms with van der Waals surface area (Å²) in [4.78, 5) is 37.7. The molecule has 0 unspecified atom stereocenters. The second kappa shape index (κ2) is 8.33. The van der Waals surface area contributed by atoms with Crippen molar-refractivity contribution < 1.29 is 39.5 Å². The highest BCUT2D eigenvalue weighted by Crippen LogP contribution is 2.23. The topological polar surface area (TPSA) is 157 Å². The fourth-order valence-electron chi connectivity index (χ4n) is 3.35. The zero-order valence-corrected chi connectivity index (χ0v) is 14.9. The summed E-state index contributed by atoms with van der Waals surface area (Å²) in [5, 5.41) is 41.1. The summed E-state index contributed by atoms with van der Waals surface area (Å²) in [6.45, 7) is -0.558. The van der Waals surface area contributed by atoms with Gasteiger partial charge in [-0.2, -0.15) is 0 Å². The van der Waals surface area contributed by atoms with Gasteiger partial charge in [-0.05, 0) is 18.6 Å². The van der Waals surface area contributed by atoms with Gasteiger partial charge in [-0.1, -0.05) is 12.1 Å². The first kappa shape index (κ1) is 20.4. The molecule has 0 bridgehead atoms. The minimum atomic E-state index is -1.60. The molecule has 2 heterocycles. The number of amides is 3. The van der Waals surface area contributed by atoms with E-state index in [0.717, 1.165) is 4.90 Å². The van der Waals surface area contributed by atoms with E-state index < -0.39 is 55.0 Å². The molecule has 1 aromatic carbocycles. The van der Waals surface area contributed by atoms with Gasteiger partial charge < -0.3 is 30.5 Å². The van der Waals surface area contributed by atoms with Crippen molar-refractivity contribution in [2.75, 3.05) is 13.2 Å². The lowest BCUT2D eigenvalue weighted by molar-refractivity contribution is -0.253. The molecule has 152 valence electrons. The Labute approximate surface area is 160 Å². The predicted molar refractivity (Wildman–Crippen MR) is 93.0 cm³/mol. The standard InChI is InChI=1S/C18H22N2O8/c21-8-11-14(23)15(24)13(18(27)28-11)19-12(22)6-3-7-20-16(25)9-4-1-2-5-10(9)17(20)26/h1-2,4-5,11,13-15,18,21,23-24,27H,3,6-8H2,(H,19,22)/t11-,13-,14-,15-,18+/m1/s1. The van der Waals surface area contributed by atoms with Crippen molar-refractivity contribution in [2.24, 2.45) is 0 Å². The van der Waals surface area contributed by atoms with E-state index in [2.05, 4.69) is 5.32 Å². The first-order valence-electron chi connectivity index (χ1n) is 8.90. The van der Waals surface area contributed by atoms with Crippen LogP contribution in [0.3, 0.4) is 0 Å². The van der Waals surface area contributed by atoms with Crippen LogP contribution in [0.25, 0.3) is 0 Å². The van der Waals surface area contributed by atoms with Gasteiger partial charge in [-0.25, -0.2) is 0 Å². The highest BCUT2D eigenvalue weighted by atomic mass is 16.6. The zero-order chi connectivity index (χ0) is 20.4. The Morgan fingerprint density at radius 1 is 1.07 bits per heavy atom. The lowest BCUT2D eigenvalue weighted by Gasteiger charge is -2.40. The first-order chi connectivity index (χ1) is 13.3. The molecule has 1 aromatic rings. The van der Waals surface area contributed by atoms with Crippen LogP contribution in [0.1, 0.15) is 33.6 Å². The molecule has 0 aromatic heterocycles. The molecule has 5 atom stereocenters. The van der Waals surface area contributed by atoms with Crippen molar-refractivity contribution in [2.45, 2.75) is 43.5 Å². The lowest BCUT2D eigenvalue weighted by Crippen LogP contribution is -2.64. The molecule has 3 rings (SSSR count). The van der Waals surface area contributed by atoms with Gasteiger partial charge in [0.15, 0.2) is 6.29 Å². The number of nitrogens with one attached hydrogen (secondary N) is 1. The quantitative estimate of drug-likeness (QED) is 0.346. The number of nitrogens with zero attached hydrogens (tertiary/aromatic N) is 1. The van der Waals surface area contributed by atoms with Crippen LogP contribution >= 0.6 is 0 Å². The van der Waals surface area contributed by atoms with Crippen LogP contribution in [0, 0.1) is 0 Å². The van der Waals surface area contributed by atoms with Crippen LogP contribution in [0.4, 0.5) is 0 Å². The first-order valence-corrected chi connectivity index (χ1v) is 8.90. The molecule has 3 amide bonds. The number of carbonyl (C=O) groups excluding carboxylic acids is 3. The highest BCUT2D eigenvalue weighted by molar-refractivity contribution is 6.21. The van der Waals surface area contributed by atoms with Crippen LogP contribution in [0.5, 0.6) is 0 Å². The van der Waals surface area contributed by atoms with E-state index in [4.69, 9.17) is 9.84 Å². The predicted octanol–water partition coefficient (Wildman–Crippen LogP) is -2.02. The number of fused-ring (bicyclic) bond motifs is 1. The molecule has 0 saturated carbocycles. The fraction of sp³-hybridized carbons (Fsp3) is 0.500. The summed E-state index contributed by atoms with van der Waals surface area (Å²) in [6, 6.07) is 5.20. The van der Waals surface area contributed by atoms with Gasteiger partial charge in [0.05, 0.1) is 17.7 Å². The third-order valence-electron chi connectivity index (χ3n) is 4.89. The van der Waals surface area contributed by atoms with Gasteiger partial charge in [0, 0.05) is 13.0 Å². The number of ether oxygens (including phenoxy) is 1. The number of imide groups is 1. The van der Waals surface area contributed by atoms with Gasteiger partial charge in [-0.3, -0.25) is 19.3 Å². The maximum atomic E-state index is 12.3. The Balaban J connectivity index is 1.50. The van der Waals surface area contributed by atoms with E-state index in [1.807, 2.05) is 0 Å². The van der Waals surface area contributed by atoms with Crippen molar-refractivity contribution in [3.05, 3.63) is 35.4 Å². The highest BCUT2D eigenvalue weighted by Gasteiger charge is 2.44. The van der Waals surface area contributed by atoms with Gasteiger partial charge in [0.1, 0.15) is 24.4 Å². The maximum Gasteiger partial charge on any atom is 0.261 e. The molecule has 1 fully saturated rings. The smallest absolute Gasteiger partial charge is 0.261 e. The average Bonchev–Trinajstić information content (AvgIpc) is 2.93. The summed E-state index contributed by atoms with van der Waals surface area (Å²) in [7, 11) is 0. The third kappa shape index (κ3) is 3.77. The van der Waals surface area contributed by atoms with E-state index >= 15 is 0 Å². The number of aliphatic hydroxyl groups excluding tert-OH is 4. The second-order valence-electron chi connectivity index (χ2n) is 6.73. The zero-order valence-electron chi connectivity index (χ0n) is 14.9. The Morgan fingerprint density at radius 3 is 2.25 bits per heavy atom. The molecular formula is C18H22N2O8. The van der Waals surface area contributed by atoms with E-state index in [0.29, 0.717) is 11.1 Å². The Bertz CT molecular complexity index is 735. The fourth-order valence-corrected chi connectivity index (χ4v) is 3.35. The molecular weight excluding hydrogens is 372 g/mol. The van der Waals surface area contributed by atoms with E-state index in [1.54, 1.807) is 24.3 Å². The third-order valence-corrected chi connectivity index (χ3v) is 4.89. The van der Waals surface area contributed by atoms with E-state index in [-0.39, 0.29) is 19.4 Å². The molecule has 2 aliphatic rings. The van der Waals surface area contributed by atoms with Crippen molar-refractivity contribution in [3.8, 4) is 0 Å². The van der Waals surface area contributed by atoms with E-state index in [9.17, 15) is 29.7 Å². The van der Waals surface area contributed by atoms with Crippen molar-refractivity contribution in [1.82, 2.24) is 10.2 Å². The van der Waals surface area contributed by atoms with E-state index in [1.165, 1.54) is 0 Å². The summed E-state index contributed by atoms with van der Waals surface area (Å²) >= 11 is 0. The molecule has 10 nitrogen and oxygen atoms in total. The van der Waals surface area contributed by atoms with Gasteiger partial charge in [0.25, 0.3) is 11.8 Å². The molecule has 0 spiro atoms. The van der Waals surface area contributed by atoms with Gasteiger partial charge in [-0.15, -0.1) is 0 Å². The van der Waals surface area contributed by atoms with Gasteiger partial charge >= 0.3 is 0 Å². The molecule has 1 saturated heterocycles. The molecule has 28 heavy (non-hydrogen) atoms. The monoisotopic (exact) mass is 394 g/mol. The summed E-state index contributed by atoms with van der Waals surface area (Å²) in [5.74, 6) is -1.38. The van der Waals surface area contributed by atoms with Crippen LogP contribution in [0.15, 0.2) is 24.3 Å². The number of carbonyl (C=O) groups is 3. The summed E-state index contributed by atoms with van der Waals surface area (Å²) < 4.78 is 4.96. The maximum absolute atomic E-state index is 12.3. The Morgan fingerprint density at radius 2 is 1.68 bits per heavy atom. The minimum Gasteiger partial charge on any atom is -0.394 e. The van der Waals surface area contributed by atoms with Crippen LogP contribution in [-0.4, -0.2) is 86.8 Å². The Hall–Kier alpha value is -2.37. The SMILES string of the molecule is O=C(CCCN1C(=O)c2ccccc2C1=O)N[C@@H]1[C@@H](O)[C@H](O)[C@@H](CO)O[C@@H]1O.